The first-order chi connectivity index (χ1) is 6.18. The molecule has 0 saturated heterocycles. The van der Waals surface area contributed by atoms with Crippen LogP contribution in [0.25, 0.3) is 10.9 Å². The first kappa shape index (κ1) is 8.32. The Kier molecular flexibility index (Phi) is 1.85. The molecule has 0 aliphatic carbocycles. The molecule has 0 saturated carbocycles. The van der Waals surface area contributed by atoms with E-state index in [9.17, 15) is 5.11 Å². The Labute approximate surface area is 80.8 Å². The second-order valence-corrected chi connectivity index (χ2v) is 3.30. The van der Waals surface area contributed by atoms with Crippen molar-refractivity contribution in [3.05, 3.63) is 35.0 Å². The fraction of sp³-hybridized carbons (Fsp3) is 0.100. The number of rotatable bonds is 0. The van der Waals surface area contributed by atoms with Gasteiger partial charge >= 0.3 is 0 Å². The lowest BCUT2D eigenvalue weighted by atomic mass is 10.1. The summed E-state index contributed by atoms with van der Waals surface area (Å²) in [4.78, 5) is 4.09. The van der Waals surface area contributed by atoms with Crippen LogP contribution in [0.2, 0.25) is 5.15 Å². The third-order valence-corrected chi connectivity index (χ3v) is 2.26. The van der Waals surface area contributed by atoms with E-state index >= 15 is 0 Å². The predicted octanol–water partition coefficient (Wildman–Crippen LogP) is 2.90. The highest BCUT2D eigenvalue weighted by Gasteiger charge is 2.03. The quantitative estimate of drug-likeness (QED) is 0.653. The summed E-state index contributed by atoms with van der Waals surface area (Å²) in [7, 11) is 0. The maximum atomic E-state index is 9.31. The first-order valence-corrected chi connectivity index (χ1v) is 4.31. The van der Waals surface area contributed by atoms with Gasteiger partial charge in [-0.15, -0.1) is 0 Å². The fourth-order valence-electron chi connectivity index (χ4n) is 1.31. The third-order valence-electron chi connectivity index (χ3n) is 1.98. The zero-order valence-corrected chi connectivity index (χ0v) is 7.84. The van der Waals surface area contributed by atoms with Gasteiger partial charge < -0.3 is 5.11 Å². The summed E-state index contributed by atoms with van der Waals surface area (Å²) in [5, 5.41) is 10.4. The molecular formula is C10H8ClNO. The van der Waals surface area contributed by atoms with Gasteiger partial charge in [0.1, 0.15) is 0 Å². The number of para-hydroxylation sites is 1. The Morgan fingerprint density at radius 1 is 1.38 bits per heavy atom. The van der Waals surface area contributed by atoms with Gasteiger partial charge in [-0.3, -0.25) is 0 Å². The highest BCUT2D eigenvalue weighted by molar-refractivity contribution is 6.31. The van der Waals surface area contributed by atoms with E-state index in [0.717, 1.165) is 16.5 Å². The zero-order valence-electron chi connectivity index (χ0n) is 7.08. The van der Waals surface area contributed by atoms with Crippen LogP contribution in [-0.4, -0.2) is 10.1 Å². The summed E-state index contributed by atoms with van der Waals surface area (Å²) in [5.74, 6) is 0.0276. The maximum absolute atomic E-state index is 9.31. The summed E-state index contributed by atoms with van der Waals surface area (Å²) >= 11 is 5.70. The first-order valence-electron chi connectivity index (χ1n) is 3.93. The molecule has 2 aromatic rings. The van der Waals surface area contributed by atoms with E-state index in [-0.39, 0.29) is 10.9 Å². The van der Waals surface area contributed by atoms with Crippen LogP contribution in [0.1, 0.15) is 5.56 Å². The summed E-state index contributed by atoms with van der Waals surface area (Å²) < 4.78 is 0. The third kappa shape index (κ3) is 1.33. The Bertz CT molecular complexity index is 468. The van der Waals surface area contributed by atoms with Crippen molar-refractivity contribution < 1.29 is 5.11 Å². The molecular weight excluding hydrogens is 186 g/mol. The number of hydrogen-bond donors (Lipinski definition) is 1. The van der Waals surface area contributed by atoms with Crippen LogP contribution in [0.15, 0.2) is 24.3 Å². The van der Waals surface area contributed by atoms with Gasteiger partial charge in [-0.05, 0) is 18.6 Å². The fourth-order valence-corrected chi connectivity index (χ4v) is 1.45. The average molecular weight is 194 g/mol. The van der Waals surface area contributed by atoms with E-state index < -0.39 is 0 Å². The Balaban J connectivity index is 2.89. The minimum Gasteiger partial charge on any atom is -0.505 e. The molecule has 0 unspecified atom stereocenters. The summed E-state index contributed by atoms with van der Waals surface area (Å²) in [6.07, 6.45) is 0. The van der Waals surface area contributed by atoms with Gasteiger partial charge in [-0.1, -0.05) is 29.8 Å². The summed E-state index contributed by atoms with van der Waals surface area (Å²) in [5.41, 5.74) is 1.89. The van der Waals surface area contributed by atoms with E-state index in [2.05, 4.69) is 4.98 Å². The molecule has 0 aliphatic rings. The molecule has 1 aromatic heterocycles. The largest absolute Gasteiger partial charge is 0.505 e. The number of nitrogens with zero attached hydrogens (tertiary/aromatic N) is 1. The van der Waals surface area contributed by atoms with Crippen LogP contribution in [0.5, 0.6) is 5.75 Å². The number of benzene rings is 1. The Hall–Kier alpha value is -1.28. The second-order valence-electron chi connectivity index (χ2n) is 2.94. The molecule has 1 aromatic carbocycles. The molecule has 0 amide bonds. The van der Waals surface area contributed by atoms with E-state index in [4.69, 9.17) is 11.6 Å². The highest BCUT2D eigenvalue weighted by Crippen LogP contribution is 2.26. The topological polar surface area (TPSA) is 33.1 Å². The van der Waals surface area contributed by atoms with Crippen molar-refractivity contribution in [3.63, 3.8) is 0 Å². The van der Waals surface area contributed by atoms with Crippen molar-refractivity contribution in [2.75, 3.05) is 0 Å². The smallest absolute Gasteiger partial charge is 0.171 e. The van der Waals surface area contributed by atoms with E-state index in [1.807, 2.05) is 25.1 Å². The molecule has 0 fully saturated rings. The highest BCUT2D eigenvalue weighted by atomic mass is 35.5. The molecule has 2 nitrogen and oxygen atoms in total. The Morgan fingerprint density at radius 2 is 2.15 bits per heavy atom. The number of aryl methyl sites for hydroxylation is 1. The lowest BCUT2D eigenvalue weighted by Gasteiger charge is -2.02. The number of fused-ring (bicyclic) bond motifs is 1. The molecule has 1 N–H and O–H groups in total. The number of pyridine rings is 1. The van der Waals surface area contributed by atoms with Crippen LogP contribution >= 0.6 is 11.6 Å². The predicted molar refractivity (Wildman–Crippen MR) is 53.2 cm³/mol. The Morgan fingerprint density at radius 3 is 2.92 bits per heavy atom. The van der Waals surface area contributed by atoms with Crippen LogP contribution in [0.3, 0.4) is 0 Å². The van der Waals surface area contributed by atoms with E-state index in [1.165, 1.54) is 0 Å². The van der Waals surface area contributed by atoms with Gasteiger partial charge in [0.15, 0.2) is 10.9 Å². The zero-order chi connectivity index (χ0) is 9.42. The molecule has 0 bridgehead atoms. The summed E-state index contributed by atoms with van der Waals surface area (Å²) in [6.45, 7) is 1.96. The van der Waals surface area contributed by atoms with E-state index in [0.29, 0.717) is 0 Å². The van der Waals surface area contributed by atoms with Crippen molar-refractivity contribution in [2.45, 2.75) is 6.92 Å². The van der Waals surface area contributed by atoms with Gasteiger partial charge in [0, 0.05) is 5.39 Å². The number of aromatic nitrogens is 1. The van der Waals surface area contributed by atoms with Crippen molar-refractivity contribution in [2.24, 2.45) is 0 Å². The monoisotopic (exact) mass is 193 g/mol. The van der Waals surface area contributed by atoms with Crippen LogP contribution in [0, 0.1) is 6.92 Å². The van der Waals surface area contributed by atoms with Gasteiger partial charge in [-0.2, -0.15) is 0 Å². The SMILES string of the molecule is Cc1cccc2cc(O)c(Cl)nc12. The van der Waals surface area contributed by atoms with Crippen molar-refractivity contribution in [1.29, 1.82) is 0 Å². The van der Waals surface area contributed by atoms with Crippen molar-refractivity contribution in [3.8, 4) is 5.75 Å². The molecule has 3 heteroatoms. The molecule has 66 valence electrons. The van der Waals surface area contributed by atoms with Gasteiger partial charge in [-0.25, -0.2) is 4.98 Å². The lowest BCUT2D eigenvalue weighted by molar-refractivity contribution is 0.474. The molecule has 1 heterocycles. The minimum atomic E-state index is 0.0276. The molecule has 0 spiro atoms. The lowest BCUT2D eigenvalue weighted by Crippen LogP contribution is -1.84. The van der Waals surface area contributed by atoms with Crippen LogP contribution in [-0.2, 0) is 0 Å². The van der Waals surface area contributed by atoms with Gasteiger partial charge in [0.05, 0.1) is 5.52 Å². The van der Waals surface area contributed by atoms with Gasteiger partial charge in [0.2, 0.25) is 0 Å². The number of aromatic hydroxyl groups is 1. The minimum absolute atomic E-state index is 0.0276. The second kappa shape index (κ2) is 2.89. The number of halogens is 1. The molecule has 2 rings (SSSR count). The molecule has 0 aliphatic heterocycles. The van der Waals surface area contributed by atoms with Crippen molar-refractivity contribution >= 4 is 22.5 Å². The molecule has 0 atom stereocenters. The number of hydrogen-bond acceptors (Lipinski definition) is 2. The molecule has 0 radical (unpaired) electrons. The maximum Gasteiger partial charge on any atom is 0.171 e. The van der Waals surface area contributed by atoms with E-state index in [1.54, 1.807) is 6.07 Å². The average Bonchev–Trinajstić information content (AvgIpc) is 2.09. The normalized spacial score (nSPS) is 10.6. The van der Waals surface area contributed by atoms with Gasteiger partial charge in [0.25, 0.3) is 0 Å². The van der Waals surface area contributed by atoms with Crippen LogP contribution in [0.4, 0.5) is 0 Å². The summed E-state index contributed by atoms with van der Waals surface area (Å²) in [6, 6.07) is 7.40. The standard InChI is InChI=1S/C10H8ClNO/c1-6-3-2-4-7-5-8(13)10(11)12-9(6)7/h2-5,13H,1H3. The molecule has 13 heavy (non-hydrogen) atoms. The van der Waals surface area contributed by atoms with Crippen LogP contribution < -0.4 is 0 Å². The van der Waals surface area contributed by atoms with Crippen molar-refractivity contribution in [1.82, 2.24) is 4.98 Å².